The normalized spacial score (nSPS) is 13.1. The van der Waals surface area contributed by atoms with Gasteiger partial charge >= 0.3 is 0 Å². The van der Waals surface area contributed by atoms with Crippen LogP contribution in [0.2, 0.25) is 0 Å². The van der Waals surface area contributed by atoms with Crippen molar-refractivity contribution >= 4 is 5.84 Å². The Labute approximate surface area is 110 Å². The lowest BCUT2D eigenvalue weighted by molar-refractivity contribution is 0.229. The monoisotopic (exact) mass is 248 g/mol. The fourth-order valence-corrected chi connectivity index (χ4v) is 1.77. The summed E-state index contributed by atoms with van der Waals surface area (Å²) in [4.78, 5) is 0. The highest BCUT2D eigenvalue weighted by molar-refractivity contribution is 5.77. The van der Waals surface area contributed by atoms with E-state index in [1.165, 1.54) is 5.56 Å². The van der Waals surface area contributed by atoms with Gasteiger partial charge in [-0.15, -0.1) is 0 Å². The number of hydrogen-bond acceptors (Lipinski definition) is 2. The molecule has 18 heavy (non-hydrogen) atoms. The van der Waals surface area contributed by atoms with Crippen LogP contribution in [0.1, 0.15) is 46.1 Å². The Hall–Kier alpha value is -1.51. The number of amidine groups is 1. The Morgan fingerprint density at radius 1 is 1.33 bits per heavy atom. The predicted molar refractivity (Wildman–Crippen MR) is 76.4 cm³/mol. The zero-order chi connectivity index (χ0) is 13.8. The third-order valence-corrected chi connectivity index (χ3v) is 3.36. The Morgan fingerprint density at radius 2 is 1.89 bits per heavy atom. The molecule has 0 aliphatic rings. The van der Waals surface area contributed by atoms with Gasteiger partial charge in [-0.3, -0.25) is 5.41 Å². The first-order valence-corrected chi connectivity index (χ1v) is 6.45. The van der Waals surface area contributed by atoms with Crippen molar-refractivity contribution in [2.24, 2.45) is 5.73 Å². The van der Waals surface area contributed by atoms with E-state index in [1.54, 1.807) is 0 Å². The standard InChI is InChI=1S/C15H24N2O/c1-5-15(3,4)12-6-8-13(9-7-12)18-11(2)10-14(16)17/h6-9,11H,5,10H2,1-4H3,(H3,16,17). The van der Waals surface area contributed by atoms with Gasteiger partial charge in [-0.05, 0) is 36.5 Å². The fourth-order valence-electron chi connectivity index (χ4n) is 1.77. The molecule has 3 N–H and O–H groups in total. The fraction of sp³-hybridized carbons (Fsp3) is 0.533. The van der Waals surface area contributed by atoms with E-state index in [0.29, 0.717) is 6.42 Å². The number of nitrogens with one attached hydrogen (secondary N) is 1. The van der Waals surface area contributed by atoms with Crippen molar-refractivity contribution in [2.75, 3.05) is 0 Å². The lowest BCUT2D eigenvalue weighted by atomic mass is 9.82. The maximum atomic E-state index is 7.23. The summed E-state index contributed by atoms with van der Waals surface area (Å²) in [6.07, 6.45) is 1.50. The molecule has 0 aliphatic carbocycles. The van der Waals surface area contributed by atoms with Gasteiger partial charge in [-0.25, -0.2) is 0 Å². The molecular formula is C15H24N2O. The van der Waals surface area contributed by atoms with Gasteiger partial charge in [0.15, 0.2) is 0 Å². The molecule has 1 aromatic carbocycles. The summed E-state index contributed by atoms with van der Waals surface area (Å²) in [5.74, 6) is 0.991. The largest absolute Gasteiger partial charge is 0.490 e. The van der Waals surface area contributed by atoms with Crippen LogP contribution in [0.3, 0.4) is 0 Å². The average molecular weight is 248 g/mol. The van der Waals surface area contributed by atoms with E-state index in [1.807, 2.05) is 19.1 Å². The zero-order valence-electron chi connectivity index (χ0n) is 11.8. The summed E-state index contributed by atoms with van der Waals surface area (Å²) in [6, 6.07) is 8.20. The summed E-state index contributed by atoms with van der Waals surface area (Å²) >= 11 is 0. The maximum Gasteiger partial charge on any atom is 0.119 e. The van der Waals surface area contributed by atoms with Gasteiger partial charge in [0, 0.05) is 6.42 Å². The van der Waals surface area contributed by atoms with Crippen LogP contribution in [0.4, 0.5) is 0 Å². The number of ether oxygens (including phenoxy) is 1. The van der Waals surface area contributed by atoms with E-state index in [4.69, 9.17) is 15.9 Å². The highest BCUT2D eigenvalue weighted by atomic mass is 16.5. The maximum absolute atomic E-state index is 7.23. The van der Waals surface area contributed by atoms with Crippen molar-refractivity contribution in [3.05, 3.63) is 29.8 Å². The van der Waals surface area contributed by atoms with Crippen molar-refractivity contribution < 1.29 is 4.74 Å². The van der Waals surface area contributed by atoms with Gasteiger partial charge in [0.1, 0.15) is 11.9 Å². The van der Waals surface area contributed by atoms with Gasteiger partial charge in [0.2, 0.25) is 0 Å². The quantitative estimate of drug-likeness (QED) is 0.598. The molecule has 1 unspecified atom stereocenters. The number of nitrogens with two attached hydrogens (primary N) is 1. The SMILES string of the molecule is CCC(C)(C)c1ccc(OC(C)CC(=N)N)cc1. The van der Waals surface area contributed by atoms with Crippen LogP contribution in [0.15, 0.2) is 24.3 Å². The molecule has 0 heterocycles. The molecule has 0 aliphatic heterocycles. The van der Waals surface area contributed by atoms with Crippen LogP contribution in [-0.2, 0) is 5.41 Å². The van der Waals surface area contributed by atoms with Crippen molar-refractivity contribution in [1.82, 2.24) is 0 Å². The molecule has 0 bridgehead atoms. The van der Waals surface area contributed by atoms with Crippen LogP contribution < -0.4 is 10.5 Å². The van der Waals surface area contributed by atoms with Crippen LogP contribution in [-0.4, -0.2) is 11.9 Å². The first-order chi connectivity index (χ1) is 8.35. The summed E-state index contributed by atoms with van der Waals surface area (Å²) in [5, 5.41) is 7.23. The molecule has 1 rings (SSSR count). The van der Waals surface area contributed by atoms with Crippen molar-refractivity contribution in [1.29, 1.82) is 5.41 Å². The molecule has 1 aromatic rings. The molecule has 100 valence electrons. The first kappa shape index (κ1) is 14.6. The molecule has 3 nitrogen and oxygen atoms in total. The van der Waals surface area contributed by atoms with E-state index in [-0.39, 0.29) is 17.4 Å². The molecule has 0 aromatic heterocycles. The minimum atomic E-state index is -0.0625. The van der Waals surface area contributed by atoms with E-state index >= 15 is 0 Å². The van der Waals surface area contributed by atoms with E-state index in [2.05, 4.69) is 32.9 Å². The Morgan fingerprint density at radius 3 is 2.33 bits per heavy atom. The van der Waals surface area contributed by atoms with E-state index in [0.717, 1.165) is 12.2 Å². The Kier molecular flexibility index (Phi) is 4.76. The van der Waals surface area contributed by atoms with Crippen LogP contribution in [0.5, 0.6) is 5.75 Å². The molecule has 0 amide bonds. The minimum absolute atomic E-state index is 0.0625. The highest BCUT2D eigenvalue weighted by Gasteiger charge is 2.17. The lowest BCUT2D eigenvalue weighted by Crippen LogP contribution is -2.21. The summed E-state index contributed by atoms with van der Waals surface area (Å²) in [7, 11) is 0. The Bertz CT molecular complexity index is 395. The second-order valence-corrected chi connectivity index (χ2v) is 5.42. The molecule has 0 saturated carbocycles. The van der Waals surface area contributed by atoms with E-state index in [9.17, 15) is 0 Å². The molecule has 0 spiro atoms. The summed E-state index contributed by atoms with van der Waals surface area (Å²) in [5.41, 5.74) is 6.86. The molecule has 0 fully saturated rings. The number of benzene rings is 1. The number of rotatable bonds is 6. The zero-order valence-corrected chi connectivity index (χ0v) is 11.8. The Balaban J connectivity index is 2.69. The smallest absolute Gasteiger partial charge is 0.119 e. The van der Waals surface area contributed by atoms with Crippen LogP contribution >= 0.6 is 0 Å². The van der Waals surface area contributed by atoms with Crippen LogP contribution in [0.25, 0.3) is 0 Å². The molecule has 0 radical (unpaired) electrons. The van der Waals surface area contributed by atoms with Gasteiger partial charge < -0.3 is 10.5 Å². The van der Waals surface area contributed by atoms with Gasteiger partial charge in [0.05, 0.1) is 5.84 Å². The molecule has 0 saturated heterocycles. The third kappa shape index (κ3) is 4.06. The van der Waals surface area contributed by atoms with Crippen molar-refractivity contribution in [2.45, 2.75) is 52.1 Å². The van der Waals surface area contributed by atoms with Crippen molar-refractivity contribution in [3.63, 3.8) is 0 Å². The third-order valence-electron chi connectivity index (χ3n) is 3.36. The number of hydrogen-bond donors (Lipinski definition) is 2. The second-order valence-electron chi connectivity index (χ2n) is 5.42. The second kappa shape index (κ2) is 5.89. The first-order valence-electron chi connectivity index (χ1n) is 6.45. The molecule has 3 heteroatoms. The lowest BCUT2D eigenvalue weighted by Gasteiger charge is -2.23. The summed E-state index contributed by atoms with van der Waals surface area (Å²) < 4.78 is 5.71. The molecule has 1 atom stereocenters. The van der Waals surface area contributed by atoms with Crippen LogP contribution in [0, 0.1) is 5.41 Å². The summed E-state index contributed by atoms with van der Waals surface area (Å²) in [6.45, 7) is 8.59. The van der Waals surface area contributed by atoms with Crippen molar-refractivity contribution in [3.8, 4) is 5.75 Å². The highest BCUT2D eigenvalue weighted by Crippen LogP contribution is 2.28. The van der Waals surface area contributed by atoms with Gasteiger partial charge in [0.25, 0.3) is 0 Å². The molecular weight excluding hydrogens is 224 g/mol. The van der Waals surface area contributed by atoms with E-state index < -0.39 is 0 Å². The topological polar surface area (TPSA) is 59.1 Å². The van der Waals surface area contributed by atoms with Gasteiger partial charge in [-0.1, -0.05) is 32.9 Å². The minimum Gasteiger partial charge on any atom is -0.490 e. The average Bonchev–Trinajstić information content (AvgIpc) is 2.28. The van der Waals surface area contributed by atoms with Gasteiger partial charge in [-0.2, -0.15) is 0 Å². The predicted octanol–water partition coefficient (Wildman–Crippen LogP) is 3.47.